The van der Waals surface area contributed by atoms with E-state index in [1.807, 2.05) is 6.07 Å². The Hall–Kier alpha value is -2.32. The van der Waals surface area contributed by atoms with Crippen molar-refractivity contribution in [3.63, 3.8) is 0 Å². The molecule has 0 saturated carbocycles. The summed E-state index contributed by atoms with van der Waals surface area (Å²) in [7, 11) is 0. The Balaban J connectivity index is 2.22. The van der Waals surface area contributed by atoms with Crippen LogP contribution in [-0.2, 0) is 14.3 Å². The number of ether oxygens (including phenoxy) is 3. The second kappa shape index (κ2) is 8.73. The molecule has 1 rings (SSSR count). The molecule has 1 aromatic rings. The second-order valence-electron chi connectivity index (χ2n) is 3.92. The summed E-state index contributed by atoms with van der Waals surface area (Å²) < 4.78 is 15.5. The lowest BCUT2D eigenvalue weighted by Crippen LogP contribution is -2.25. The van der Waals surface area contributed by atoms with Gasteiger partial charge in [0.15, 0.2) is 6.10 Å². The minimum Gasteiger partial charge on any atom is -0.490 e. The summed E-state index contributed by atoms with van der Waals surface area (Å²) in [5, 5.41) is 8.65. The third-order valence-electron chi connectivity index (χ3n) is 2.38. The third-order valence-corrected chi connectivity index (χ3v) is 2.38. The van der Waals surface area contributed by atoms with E-state index in [1.165, 1.54) is 0 Å². The van der Waals surface area contributed by atoms with E-state index in [9.17, 15) is 4.79 Å². The van der Waals surface area contributed by atoms with Gasteiger partial charge in [-0.25, -0.2) is 4.79 Å². The number of carbonyl (C=O) groups is 1. The molecule has 20 heavy (non-hydrogen) atoms. The number of hydrogen-bond donors (Lipinski definition) is 0. The molecule has 1 aromatic carbocycles. The van der Waals surface area contributed by atoms with Gasteiger partial charge in [-0.15, -0.1) is 6.58 Å². The first kappa shape index (κ1) is 15.7. The van der Waals surface area contributed by atoms with Crippen LogP contribution in [0.25, 0.3) is 0 Å². The Morgan fingerprint density at radius 2 is 2.10 bits per heavy atom. The molecule has 1 unspecified atom stereocenters. The Bertz CT molecular complexity index is 476. The highest BCUT2D eigenvalue weighted by Gasteiger charge is 2.13. The highest BCUT2D eigenvalue weighted by molar-refractivity contribution is 5.74. The molecule has 0 heterocycles. The SMILES string of the molecule is C=CCOC(C)C(=O)OCCOc1ccc(C#N)cc1. The van der Waals surface area contributed by atoms with E-state index >= 15 is 0 Å². The van der Waals surface area contributed by atoms with E-state index in [1.54, 1.807) is 37.3 Å². The molecule has 0 saturated heterocycles. The summed E-state index contributed by atoms with van der Waals surface area (Å²) in [5.74, 6) is 0.186. The van der Waals surface area contributed by atoms with Crippen LogP contribution >= 0.6 is 0 Å². The molecule has 5 heteroatoms. The molecule has 0 aliphatic heterocycles. The zero-order valence-corrected chi connectivity index (χ0v) is 11.4. The summed E-state index contributed by atoms with van der Waals surface area (Å²) in [6, 6.07) is 8.72. The summed E-state index contributed by atoms with van der Waals surface area (Å²) in [6.07, 6.45) is 0.945. The fourth-order valence-corrected chi connectivity index (χ4v) is 1.33. The lowest BCUT2D eigenvalue weighted by atomic mass is 10.2. The summed E-state index contributed by atoms with van der Waals surface area (Å²) in [5.41, 5.74) is 0.567. The predicted octanol–water partition coefficient (Wildman–Crippen LogP) is 2.07. The minimum absolute atomic E-state index is 0.140. The molecule has 0 radical (unpaired) electrons. The number of carbonyl (C=O) groups excluding carboxylic acids is 1. The highest BCUT2D eigenvalue weighted by atomic mass is 16.6. The number of nitrogens with zero attached hydrogens (tertiary/aromatic N) is 1. The number of esters is 1. The fraction of sp³-hybridized carbons (Fsp3) is 0.333. The third kappa shape index (κ3) is 5.55. The Labute approximate surface area is 118 Å². The zero-order chi connectivity index (χ0) is 14.8. The predicted molar refractivity (Wildman–Crippen MR) is 73.2 cm³/mol. The van der Waals surface area contributed by atoms with E-state index in [0.29, 0.717) is 17.9 Å². The molecule has 0 bridgehead atoms. The first-order valence-corrected chi connectivity index (χ1v) is 6.19. The maximum Gasteiger partial charge on any atom is 0.335 e. The number of benzene rings is 1. The van der Waals surface area contributed by atoms with Crippen molar-refractivity contribution < 1.29 is 19.0 Å². The van der Waals surface area contributed by atoms with E-state index in [-0.39, 0.29) is 13.2 Å². The molecular formula is C15H17NO4. The molecule has 0 aliphatic carbocycles. The fourth-order valence-electron chi connectivity index (χ4n) is 1.33. The number of hydrogen-bond acceptors (Lipinski definition) is 5. The zero-order valence-electron chi connectivity index (χ0n) is 11.4. The topological polar surface area (TPSA) is 68.6 Å². The molecular weight excluding hydrogens is 258 g/mol. The summed E-state index contributed by atoms with van der Waals surface area (Å²) in [4.78, 5) is 11.5. The average Bonchev–Trinajstić information content (AvgIpc) is 2.49. The smallest absolute Gasteiger partial charge is 0.335 e. The van der Waals surface area contributed by atoms with E-state index < -0.39 is 12.1 Å². The van der Waals surface area contributed by atoms with Gasteiger partial charge in [-0.2, -0.15) is 5.26 Å². The molecule has 106 valence electrons. The first-order valence-electron chi connectivity index (χ1n) is 6.19. The molecule has 5 nitrogen and oxygen atoms in total. The van der Waals surface area contributed by atoms with Crippen molar-refractivity contribution in [3.05, 3.63) is 42.5 Å². The second-order valence-corrected chi connectivity index (χ2v) is 3.92. The Kier molecular flexibility index (Phi) is 6.87. The van der Waals surface area contributed by atoms with Crippen LogP contribution in [0.4, 0.5) is 0 Å². The molecule has 0 aromatic heterocycles. The summed E-state index contributed by atoms with van der Waals surface area (Å²) >= 11 is 0. The largest absolute Gasteiger partial charge is 0.490 e. The van der Waals surface area contributed by atoms with Crippen molar-refractivity contribution in [3.8, 4) is 11.8 Å². The highest BCUT2D eigenvalue weighted by Crippen LogP contribution is 2.11. The molecule has 1 atom stereocenters. The molecule has 0 spiro atoms. The van der Waals surface area contributed by atoms with Gasteiger partial charge < -0.3 is 14.2 Å². The van der Waals surface area contributed by atoms with Crippen LogP contribution in [0.2, 0.25) is 0 Å². The van der Waals surface area contributed by atoms with Gasteiger partial charge in [-0.1, -0.05) is 6.08 Å². The van der Waals surface area contributed by atoms with Gasteiger partial charge in [-0.05, 0) is 31.2 Å². The quantitative estimate of drug-likeness (QED) is 0.413. The van der Waals surface area contributed by atoms with Gasteiger partial charge >= 0.3 is 5.97 Å². The Morgan fingerprint density at radius 3 is 2.70 bits per heavy atom. The van der Waals surface area contributed by atoms with Crippen molar-refractivity contribution in [2.45, 2.75) is 13.0 Å². The van der Waals surface area contributed by atoms with Crippen molar-refractivity contribution in [1.29, 1.82) is 5.26 Å². The van der Waals surface area contributed by atoms with E-state index in [0.717, 1.165) is 0 Å². The van der Waals surface area contributed by atoms with Crippen molar-refractivity contribution in [1.82, 2.24) is 0 Å². The number of nitriles is 1. The minimum atomic E-state index is -0.622. The first-order chi connectivity index (χ1) is 9.67. The van der Waals surface area contributed by atoms with Crippen LogP contribution in [0, 0.1) is 11.3 Å². The van der Waals surface area contributed by atoms with Gasteiger partial charge in [-0.3, -0.25) is 0 Å². The van der Waals surface area contributed by atoms with Crippen molar-refractivity contribution in [2.75, 3.05) is 19.8 Å². The van der Waals surface area contributed by atoms with Crippen LogP contribution in [0.1, 0.15) is 12.5 Å². The van der Waals surface area contributed by atoms with Crippen LogP contribution < -0.4 is 4.74 Å². The van der Waals surface area contributed by atoms with E-state index in [4.69, 9.17) is 19.5 Å². The van der Waals surface area contributed by atoms with Gasteiger partial charge in [0, 0.05) is 0 Å². The lowest BCUT2D eigenvalue weighted by Gasteiger charge is -2.12. The van der Waals surface area contributed by atoms with Crippen molar-refractivity contribution >= 4 is 5.97 Å². The molecule has 0 fully saturated rings. The standard InChI is InChI=1S/C15H17NO4/c1-3-8-18-12(2)15(17)20-10-9-19-14-6-4-13(11-16)5-7-14/h3-7,12H,1,8-10H2,2H3. The van der Waals surface area contributed by atoms with Crippen molar-refractivity contribution in [2.24, 2.45) is 0 Å². The van der Waals surface area contributed by atoms with Gasteiger partial charge in [0.1, 0.15) is 19.0 Å². The maximum atomic E-state index is 11.5. The Morgan fingerprint density at radius 1 is 1.40 bits per heavy atom. The van der Waals surface area contributed by atoms with Crippen LogP contribution in [-0.4, -0.2) is 31.9 Å². The van der Waals surface area contributed by atoms with Crippen LogP contribution in [0.3, 0.4) is 0 Å². The maximum absolute atomic E-state index is 11.5. The lowest BCUT2D eigenvalue weighted by molar-refractivity contribution is -0.156. The van der Waals surface area contributed by atoms with E-state index in [2.05, 4.69) is 6.58 Å². The molecule has 0 aliphatic rings. The number of rotatable bonds is 8. The average molecular weight is 275 g/mol. The monoisotopic (exact) mass is 275 g/mol. The molecule has 0 amide bonds. The van der Waals surface area contributed by atoms with Crippen LogP contribution in [0.5, 0.6) is 5.75 Å². The molecule has 0 N–H and O–H groups in total. The van der Waals surface area contributed by atoms with Gasteiger partial charge in [0.05, 0.1) is 18.2 Å². The normalized spacial score (nSPS) is 11.2. The van der Waals surface area contributed by atoms with Crippen LogP contribution in [0.15, 0.2) is 36.9 Å². The summed E-state index contributed by atoms with van der Waals surface area (Å²) in [6.45, 7) is 5.80. The van der Waals surface area contributed by atoms with Gasteiger partial charge in [0.2, 0.25) is 0 Å². The van der Waals surface area contributed by atoms with Gasteiger partial charge in [0.25, 0.3) is 0 Å².